The van der Waals surface area contributed by atoms with Gasteiger partial charge < -0.3 is 4.74 Å². The highest BCUT2D eigenvalue weighted by atomic mass is 79.9. The summed E-state index contributed by atoms with van der Waals surface area (Å²) >= 11 is 2.86. The van der Waals surface area contributed by atoms with Gasteiger partial charge in [0.15, 0.2) is 23.2 Å². The minimum atomic E-state index is -4.94. The summed E-state index contributed by atoms with van der Waals surface area (Å²) in [6.07, 6.45) is -3.87. The van der Waals surface area contributed by atoms with E-state index in [4.69, 9.17) is 4.74 Å². The van der Waals surface area contributed by atoms with E-state index >= 15 is 0 Å². The third-order valence-electron chi connectivity index (χ3n) is 2.71. The monoisotopic (exact) mass is 411 g/mol. The van der Waals surface area contributed by atoms with Gasteiger partial charge >= 0.3 is 6.18 Å². The summed E-state index contributed by atoms with van der Waals surface area (Å²) in [5.74, 6) is -5.68. The summed E-state index contributed by atoms with van der Waals surface area (Å²) in [5, 5.41) is 0. The number of carbonyl (C=O) groups excluding carboxylic acids is 1. The van der Waals surface area contributed by atoms with Crippen molar-refractivity contribution >= 4 is 27.7 Å². The second-order valence-corrected chi connectivity index (χ2v) is 5.16. The zero-order valence-electron chi connectivity index (χ0n) is 11.2. The number of hydrogen-bond acceptors (Lipinski definition) is 3. The molecule has 2 aromatic carbocycles. The van der Waals surface area contributed by atoms with Crippen molar-refractivity contribution in [1.82, 2.24) is 0 Å². The first kappa shape index (κ1) is 18.0. The predicted octanol–water partition coefficient (Wildman–Crippen LogP) is 5.64. The lowest BCUT2D eigenvalue weighted by molar-refractivity contribution is -0.138. The van der Waals surface area contributed by atoms with Crippen LogP contribution < -0.4 is 4.74 Å². The lowest BCUT2D eigenvalue weighted by Gasteiger charge is -2.13. The van der Waals surface area contributed by atoms with Gasteiger partial charge in [0.05, 0.1) is 10.0 Å². The van der Waals surface area contributed by atoms with Crippen molar-refractivity contribution in [2.45, 2.75) is 6.18 Å². The van der Waals surface area contributed by atoms with E-state index in [9.17, 15) is 31.1 Å². The van der Waals surface area contributed by atoms with E-state index in [0.29, 0.717) is 0 Å². The van der Waals surface area contributed by atoms with Crippen molar-refractivity contribution < 1.29 is 35.9 Å². The average Bonchev–Trinajstić information content (AvgIpc) is 2.46. The van der Waals surface area contributed by atoms with Crippen LogP contribution in [0.5, 0.6) is 11.5 Å². The Bertz CT molecular complexity index is 823. The Balaban J connectivity index is 2.49. The van der Waals surface area contributed by atoms with Gasteiger partial charge in [0, 0.05) is 6.07 Å². The molecule has 0 saturated carbocycles. The molecule has 0 N–H and O–H groups in total. The summed E-state index contributed by atoms with van der Waals surface area (Å²) in [5.41, 5.74) is -2.06. The molecular formula is C14H4BrF6NO2. The van der Waals surface area contributed by atoms with Gasteiger partial charge in [-0.15, -0.1) is 0 Å². The quantitative estimate of drug-likeness (QED) is 0.372. The molecule has 0 unspecified atom stereocenters. The van der Waals surface area contributed by atoms with Crippen molar-refractivity contribution in [3.63, 3.8) is 0 Å². The summed E-state index contributed by atoms with van der Waals surface area (Å²) < 4.78 is 83.2. The average molecular weight is 412 g/mol. The highest BCUT2D eigenvalue weighted by Crippen LogP contribution is 2.39. The molecule has 0 fully saturated rings. The molecule has 0 saturated heterocycles. The third kappa shape index (κ3) is 3.77. The lowest BCUT2D eigenvalue weighted by Crippen LogP contribution is -2.07. The van der Waals surface area contributed by atoms with Crippen LogP contribution in [0.25, 0.3) is 0 Å². The first-order valence-corrected chi connectivity index (χ1v) is 6.73. The zero-order valence-corrected chi connectivity index (χ0v) is 12.8. The van der Waals surface area contributed by atoms with Crippen LogP contribution >= 0.6 is 15.9 Å². The van der Waals surface area contributed by atoms with Crippen LogP contribution in [0, 0.1) is 17.5 Å². The molecule has 0 aliphatic carbocycles. The number of aliphatic imine (C=N–C) groups is 1. The summed E-state index contributed by atoms with van der Waals surface area (Å²) in [4.78, 5) is 13.2. The molecule has 24 heavy (non-hydrogen) atoms. The second-order valence-electron chi connectivity index (χ2n) is 4.31. The number of ether oxygens (including phenoxy) is 1. The van der Waals surface area contributed by atoms with Gasteiger partial charge in [-0.3, -0.25) is 0 Å². The van der Waals surface area contributed by atoms with Crippen LogP contribution in [0.2, 0.25) is 0 Å². The Morgan fingerprint density at radius 3 is 2.08 bits per heavy atom. The summed E-state index contributed by atoms with van der Waals surface area (Å²) in [6.45, 7) is 0. The number of halogens is 7. The van der Waals surface area contributed by atoms with E-state index in [2.05, 4.69) is 20.9 Å². The second kappa shape index (κ2) is 6.66. The van der Waals surface area contributed by atoms with Gasteiger partial charge in [-0.25, -0.2) is 18.0 Å². The molecule has 0 spiro atoms. The highest BCUT2D eigenvalue weighted by molar-refractivity contribution is 9.10. The maximum Gasteiger partial charge on any atom is 0.416 e. The fourth-order valence-electron chi connectivity index (χ4n) is 1.66. The predicted molar refractivity (Wildman–Crippen MR) is 73.3 cm³/mol. The van der Waals surface area contributed by atoms with Crippen LogP contribution in [0.3, 0.4) is 0 Å². The zero-order chi connectivity index (χ0) is 18.1. The molecule has 0 radical (unpaired) electrons. The molecule has 0 aromatic heterocycles. The van der Waals surface area contributed by atoms with Crippen LogP contribution in [0.1, 0.15) is 5.56 Å². The van der Waals surface area contributed by atoms with E-state index in [0.717, 1.165) is 18.2 Å². The molecule has 0 bridgehead atoms. The number of alkyl halides is 3. The topological polar surface area (TPSA) is 38.7 Å². The Morgan fingerprint density at radius 2 is 1.58 bits per heavy atom. The SMILES string of the molecule is O=C=Nc1cc(Oc2c(F)cc(C(F)(F)F)cc2F)c(Br)cc1F. The lowest BCUT2D eigenvalue weighted by atomic mass is 10.2. The van der Waals surface area contributed by atoms with Crippen molar-refractivity contribution in [2.24, 2.45) is 4.99 Å². The van der Waals surface area contributed by atoms with E-state index in [1.807, 2.05) is 0 Å². The molecule has 2 aromatic rings. The minimum absolute atomic E-state index is 0.0559. The van der Waals surface area contributed by atoms with E-state index in [1.165, 1.54) is 0 Å². The molecule has 2 rings (SSSR count). The largest absolute Gasteiger partial charge is 0.450 e. The van der Waals surface area contributed by atoms with Gasteiger partial charge in [0.1, 0.15) is 11.4 Å². The standard InChI is InChI=1S/C14H4BrF6NO2/c15-7-3-8(16)11(22-5-23)4-12(7)24-13-9(17)1-6(2-10(13)18)14(19,20)21/h1-4H. The number of isocyanates is 1. The summed E-state index contributed by atoms with van der Waals surface area (Å²) in [6, 6.07) is 1.73. The van der Waals surface area contributed by atoms with Crippen molar-refractivity contribution in [3.05, 3.63) is 51.8 Å². The van der Waals surface area contributed by atoms with Crippen LogP contribution in [0.15, 0.2) is 33.7 Å². The Kier molecular flexibility index (Phi) is 5.00. The maximum absolute atomic E-state index is 13.7. The normalized spacial score (nSPS) is 11.1. The van der Waals surface area contributed by atoms with Gasteiger partial charge in [0.2, 0.25) is 6.08 Å². The van der Waals surface area contributed by atoms with Crippen molar-refractivity contribution in [3.8, 4) is 11.5 Å². The summed E-state index contributed by atoms with van der Waals surface area (Å²) in [7, 11) is 0. The van der Waals surface area contributed by atoms with Gasteiger partial charge in [-0.2, -0.15) is 18.2 Å². The molecule has 0 aliphatic rings. The van der Waals surface area contributed by atoms with Gasteiger partial charge in [-0.1, -0.05) is 0 Å². The molecule has 0 amide bonds. The van der Waals surface area contributed by atoms with Crippen molar-refractivity contribution in [1.29, 1.82) is 0 Å². The highest BCUT2D eigenvalue weighted by Gasteiger charge is 2.33. The first-order chi connectivity index (χ1) is 11.1. The Labute approximate surface area is 138 Å². The van der Waals surface area contributed by atoms with Crippen molar-refractivity contribution in [2.75, 3.05) is 0 Å². The smallest absolute Gasteiger partial charge is 0.416 e. The fourth-order valence-corrected chi connectivity index (χ4v) is 2.06. The van der Waals surface area contributed by atoms with Crippen LogP contribution in [-0.4, -0.2) is 6.08 Å². The number of hydrogen-bond donors (Lipinski definition) is 0. The van der Waals surface area contributed by atoms with Gasteiger partial charge in [-0.05, 0) is 34.1 Å². The molecule has 126 valence electrons. The van der Waals surface area contributed by atoms with E-state index < -0.39 is 40.6 Å². The Hall–Kier alpha value is -2.32. The molecule has 10 heteroatoms. The van der Waals surface area contributed by atoms with Crippen LogP contribution in [-0.2, 0) is 11.0 Å². The molecular weight excluding hydrogens is 408 g/mol. The molecule has 0 heterocycles. The number of benzene rings is 2. The minimum Gasteiger partial charge on any atom is -0.450 e. The molecule has 0 atom stereocenters. The van der Waals surface area contributed by atoms with Gasteiger partial charge in [0.25, 0.3) is 0 Å². The fraction of sp³-hybridized carbons (Fsp3) is 0.0714. The molecule has 0 aliphatic heterocycles. The third-order valence-corrected chi connectivity index (χ3v) is 3.32. The number of rotatable bonds is 3. The van der Waals surface area contributed by atoms with E-state index in [1.54, 1.807) is 0 Å². The maximum atomic E-state index is 13.7. The Morgan fingerprint density at radius 1 is 1.00 bits per heavy atom. The number of nitrogens with zero attached hydrogens (tertiary/aromatic N) is 1. The van der Waals surface area contributed by atoms with Crippen LogP contribution in [0.4, 0.5) is 32.0 Å². The van der Waals surface area contributed by atoms with E-state index in [-0.39, 0.29) is 22.4 Å². The first-order valence-electron chi connectivity index (χ1n) is 5.94. The molecule has 3 nitrogen and oxygen atoms in total.